The molecule has 1 fully saturated rings. The van der Waals surface area contributed by atoms with Gasteiger partial charge in [0.2, 0.25) is 11.8 Å². The molecule has 0 spiro atoms. The maximum absolute atomic E-state index is 11.5. The molecule has 0 unspecified atom stereocenters. The fraction of sp³-hybridized carbons (Fsp3) is 0.483. The van der Waals surface area contributed by atoms with E-state index in [9.17, 15) is 9.59 Å². The third kappa shape index (κ3) is 27.4. The molecule has 0 aliphatic carbocycles. The van der Waals surface area contributed by atoms with Crippen molar-refractivity contribution in [1.82, 2.24) is 0 Å². The molecule has 224 valence electrons. The largest absolute Gasteiger partial charge is 1.00 e. The number of ether oxygens (including phenoxy) is 1. The van der Waals surface area contributed by atoms with Crippen LogP contribution in [0.3, 0.4) is 0 Å². The number of nitrogens with two attached hydrogens (primary N) is 2. The van der Waals surface area contributed by atoms with E-state index < -0.39 is 0 Å². The maximum Gasteiger partial charge on any atom is 1.00 e. The third-order valence-electron chi connectivity index (χ3n) is 5.15. The second-order valence-corrected chi connectivity index (χ2v) is 10.6. The van der Waals surface area contributed by atoms with Crippen molar-refractivity contribution in [1.29, 1.82) is 1.34 Å². The summed E-state index contributed by atoms with van der Waals surface area (Å²) >= 11 is 6.85. The number of rotatable bonds is 10. The van der Waals surface area contributed by atoms with Gasteiger partial charge in [0.1, 0.15) is 0 Å². The summed E-state index contributed by atoms with van der Waals surface area (Å²) < 4.78 is 11.5. The van der Waals surface area contributed by atoms with Crippen LogP contribution in [0.15, 0.2) is 48.5 Å². The second kappa shape index (κ2) is 30.2. The molecule has 1 aliphatic heterocycles. The number of halogens is 1. The van der Waals surface area contributed by atoms with E-state index in [1.165, 1.54) is 12.8 Å². The number of carbonyl (C=O) groups is 2. The summed E-state index contributed by atoms with van der Waals surface area (Å²) in [6, 6.07) is 14.8. The maximum atomic E-state index is 11.5. The van der Waals surface area contributed by atoms with Crippen LogP contribution in [0, 0.1) is 0 Å². The van der Waals surface area contributed by atoms with Crippen molar-refractivity contribution in [3.63, 3.8) is 0 Å². The molecular formula is C29H47BIN4NaO4S. The van der Waals surface area contributed by atoms with E-state index in [0.29, 0.717) is 29.9 Å². The molecule has 1 aliphatic rings. The van der Waals surface area contributed by atoms with Crippen molar-refractivity contribution >= 4 is 73.6 Å². The average Bonchev–Trinajstić information content (AvgIpc) is 3.49. The Balaban J connectivity index is -0.000000544. The van der Waals surface area contributed by atoms with Crippen molar-refractivity contribution in [3.8, 4) is 0 Å². The van der Waals surface area contributed by atoms with Gasteiger partial charge in [-0.05, 0) is 69.0 Å². The monoisotopic (exact) mass is 710 g/mol. The molecule has 2 aromatic rings. The number of carbonyl (C=O) groups excluding carboxylic acids is 2. The van der Waals surface area contributed by atoms with Gasteiger partial charge in [0.05, 0.1) is 4.99 Å². The number of nitrogen functional groups attached to an aromatic ring is 1. The van der Waals surface area contributed by atoms with Crippen molar-refractivity contribution in [2.24, 2.45) is 5.73 Å². The van der Waals surface area contributed by atoms with Crippen LogP contribution in [0.4, 0.5) is 17.1 Å². The number of amides is 2. The molecule has 2 aromatic carbocycles. The van der Waals surface area contributed by atoms with Gasteiger partial charge >= 0.3 is 29.6 Å². The van der Waals surface area contributed by atoms with Crippen LogP contribution in [0.2, 0.25) is 6.82 Å². The van der Waals surface area contributed by atoms with Crippen LogP contribution in [-0.4, -0.2) is 41.9 Å². The van der Waals surface area contributed by atoms with Crippen LogP contribution in [0.5, 0.6) is 0 Å². The molecule has 1 heterocycles. The van der Waals surface area contributed by atoms with Gasteiger partial charge in [-0.1, -0.05) is 57.9 Å². The first-order valence-corrected chi connectivity index (χ1v) is 15.2. The predicted molar refractivity (Wildman–Crippen MR) is 183 cm³/mol. The topological polar surface area (TPSA) is 149 Å². The van der Waals surface area contributed by atoms with Gasteiger partial charge in [-0.25, -0.2) is 0 Å². The van der Waals surface area contributed by atoms with E-state index in [1.54, 1.807) is 24.3 Å². The first kappa shape index (κ1) is 41.9. The fourth-order valence-electron chi connectivity index (χ4n) is 3.11. The van der Waals surface area contributed by atoms with Crippen LogP contribution < -0.4 is 51.7 Å². The Morgan fingerprint density at radius 1 is 0.951 bits per heavy atom. The Kier molecular flexibility index (Phi) is 30.9. The van der Waals surface area contributed by atoms with Crippen molar-refractivity contribution in [2.75, 3.05) is 29.6 Å². The van der Waals surface area contributed by atoms with Gasteiger partial charge in [0, 0.05) is 49.5 Å². The number of thiocarbonyl (C=S) groups is 1. The molecule has 1 saturated heterocycles. The van der Waals surface area contributed by atoms with Crippen LogP contribution in [-0.2, 0) is 20.7 Å². The number of anilines is 3. The minimum absolute atomic E-state index is 0. The van der Waals surface area contributed by atoms with Crippen LogP contribution in [0.1, 0.15) is 70.8 Å². The number of hydrogen-bond donors (Lipinski definition) is 4. The molecule has 3 rings (SSSR count). The molecule has 0 aromatic heterocycles. The third-order valence-corrected chi connectivity index (χ3v) is 5.30. The minimum atomic E-state index is 0. The van der Waals surface area contributed by atoms with E-state index in [0.717, 1.165) is 55.8 Å². The van der Waals surface area contributed by atoms with Crippen molar-refractivity contribution in [2.45, 2.75) is 78.5 Å². The zero-order chi connectivity index (χ0) is 30.2. The zero-order valence-electron chi connectivity index (χ0n) is 26.1. The molecular weight excluding hydrogens is 661 g/mol. The van der Waals surface area contributed by atoms with Crippen molar-refractivity contribution < 1.29 is 49.4 Å². The van der Waals surface area contributed by atoms with Gasteiger partial charge < -0.3 is 32.3 Å². The van der Waals surface area contributed by atoms with Gasteiger partial charge in [-0.2, -0.15) is 22.4 Å². The van der Waals surface area contributed by atoms with Crippen molar-refractivity contribution in [3.05, 3.63) is 54.1 Å². The molecule has 7 N–H and O–H groups in total. The number of benzene rings is 2. The molecule has 8 nitrogen and oxygen atoms in total. The van der Waals surface area contributed by atoms with E-state index in [1.807, 2.05) is 53.5 Å². The minimum Gasteiger partial charge on any atom is -0.870 e. The fourth-order valence-corrected chi connectivity index (χ4v) is 3.27. The Bertz CT molecular complexity index is 963. The standard InChI is InChI=1S/C13H18N2OS.C11H16N2O.C4H8O.CH4BI.Na.H2O/c1-2-3-4-13(16)15-11-7-5-10(6-8-11)9-12(14)17;1-2-3-4-11(14)13-10-7-5-9(12)6-8-10;1-2-4-5-3-1;1-2-3;;/h5-8H,2-4,9H2,1H3,(H2,14,17)(H,15,16);5-8H,2-4,12H2,1H3,(H,13,14);1-4H2;2H,1H3;;1H2/q;;;;+1;/p-1/i;;;2T;;. The number of hydrogen-bond acceptors (Lipinski definition) is 6. The molecule has 2 amide bonds. The van der Waals surface area contributed by atoms with E-state index in [4.69, 9.17) is 29.8 Å². The van der Waals surface area contributed by atoms with Gasteiger partial charge in [-0.3, -0.25) is 9.59 Å². The Labute approximate surface area is 290 Å². The zero-order valence-corrected chi connectivity index (χ0v) is 30.1. The SMILES string of the molecule is C1CCOC1.CCCCC(=O)Nc1ccc(CC(N)=S)cc1.CCCCC(=O)Nc1ccc(N)cc1.[3H]B(C)I.[Na+].[OH-]. The Morgan fingerprint density at radius 2 is 1.34 bits per heavy atom. The summed E-state index contributed by atoms with van der Waals surface area (Å²) in [5.74, 6) is 0.130. The quantitative estimate of drug-likeness (QED) is 0.128. The van der Waals surface area contributed by atoms with Gasteiger partial charge in [0.25, 0.3) is 0 Å². The number of nitrogens with one attached hydrogen (secondary N) is 2. The molecule has 0 bridgehead atoms. The molecule has 0 radical (unpaired) electrons. The normalized spacial score (nSPS) is 11.1. The first-order valence-electron chi connectivity index (χ1n) is 14.1. The summed E-state index contributed by atoms with van der Waals surface area (Å²) in [4.78, 5) is 23.3. The molecule has 12 heteroatoms. The molecule has 0 atom stereocenters. The molecule has 0 saturated carbocycles. The molecule has 41 heavy (non-hydrogen) atoms. The number of unbranched alkanes of at least 4 members (excludes halogenated alkanes) is 2. The summed E-state index contributed by atoms with van der Waals surface area (Å²) in [6.45, 7) is 7.95. The summed E-state index contributed by atoms with van der Waals surface area (Å²) in [6.07, 6.45) is 8.23. The van der Waals surface area contributed by atoms with E-state index in [2.05, 4.69) is 24.5 Å². The van der Waals surface area contributed by atoms with Crippen LogP contribution >= 0.6 is 34.6 Å². The van der Waals surface area contributed by atoms with E-state index in [-0.39, 0.29) is 51.9 Å². The summed E-state index contributed by atoms with van der Waals surface area (Å²) in [5, 5.41) is 5.72. The van der Waals surface area contributed by atoms with E-state index >= 15 is 0 Å². The second-order valence-electron chi connectivity index (χ2n) is 8.80. The van der Waals surface area contributed by atoms with Crippen LogP contribution in [0.25, 0.3) is 0 Å². The Morgan fingerprint density at radius 3 is 1.66 bits per heavy atom. The first-order chi connectivity index (χ1) is 19.1. The smallest absolute Gasteiger partial charge is 0.870 e. The van der Waals surface area contributed by atoms with Gasteiger partial charge in [-0.15, -0.1) is 0 Å². The van der Waals surface area contributed by atoms with Gasteiger partial charge in [0.15, 0.2) is 5.10 Å². The predicted octanol–water partition coefficient (Wildman–Crippen LogP) is 3.49. The summed E-state index contributed by atoms with van der Waals surface area (Å²) in [5.41, 5.74) is 14.4. The Hall–Kier alpha value is -1.22. The average molecular weight is 711 g/mol. The summed E-state index contributed by atoms with van der Waals surface area (Å²) in [7, 11) is 0.